The van der Waals surface area contributed by atoms with Gasteiger partial charge in [-0.25, -0.2) is 9.37 Å². The fraction of sp³-hybridized carbons (Fsp3) is 0.381. The molecule has 3 aromatic rings. The van der Waals surface area contributed by atoms with E-state index in [9.17, 15) is 9.18 Å². The summed E-state index contributed by atoms with van der Waals surface area (Å²) in [5.41, 5.74) is 1.06. The molecule has 1 aliphatic heterocycles. The van der Waals surface area contributed by atoms with Crippen LogP contribution in [-0.2, 0) is 11.3 Å². The number of hydrogen-bond acceptors (Lipinski definition) is 5. The highest BCUT2D eigenvalue weighted by Gasteiger charge is 2.23. The second kappa shape index (κ2) is 8.46. The highest BCUT2D eigenvalue weighted by molar-refractivity contribution is 5.83. The molecule has 1 amide bonds. The van der Waals surface area contributed by atoms with E-state index in [-0.39, 0.29) is 11.7 Å². The van der Waals surface area contributed by atoms with Crippen LogP contribution in [0.3, 0.4) is 0 Å². The van der Waals surface area contributed by atoms with E-state index in [1.54, 1.807) is 7.05 Å². The minimum Gasteiger partial charge on any atom is -0.371 e. The molecule has 2 N–H and O–H groups in total. The lowest BCUT2D eigenvalue weighted by molar-refractivity contribution is -0.121. The van der Waals surface area contributed by atoms with Crippen LogP contribution < -0.4 is 15.5 Å². The summed E-state index contributed by atoms with van der Waals surface area (Å²) >= 11 is 0. The van der Waals surface area contributed by atoms with Crippen molar-refractivity contribution in [3.8, 4) is 0 Å². The Kier molecular flexibility index (Phi) is 5.59. The Morgan fingerprint density at radius 3 is 3.03 bits per heavy atom. The summed E-state index contributed by atoms with van der Waals surface area (Å²) in [6.07, 6.45) is 5.15. The smallest absolute Gasteiger partial charge is 0.239 e. The van der Waals surface area contributed by atoms with Crippen LogP contribution in [0.15, 0.2) is 42.7 Å². The molecule has 0 radical (unpaired) electrons. The number of amides is 1. The van der Waals surface area contributed by atoms with Gasteiger partial charge in [-0.2, -0.15) is 4.98 Å². The zero-order valence-corrected chi connectivity index (χ0v) is 16.4. The molecule has 4 rings (SSSR count). The molecule has 1 unspecified atom stereocenters. The first kappa shape index (κ1) is 19.2. The Balaban J connectivity index is 1.33. The van der Waals surface area contributed by atoms with Crippen molar-refractivity contribution in [3.63, 3.8) is 0 Å². The number of hydrogen-bond donors (Lipinski definition) is 2. The molecule has 7 nitrogen and oxygen atoms in total. The van der Waals surface area contributed by atoms with Crippen molar-refractivity contribution < 1.29 is 9.18 Å². The Hall–Kier alpha value is -3.16. The van der Waals surface area contributed by atoms with E-state index in [1.807, 2.05) is 41.1 Å². The molecule has 29 heavy (non-hydrogen) atoms. The van der Waals surface area contributed by atoms with Gasteiger partial charge in [0.2, 0.25) is 11.9 Å². The number of halogens is 1. The molecule has 152 valence electrons. The minimum atomic E-state index is -0.463. The maximum Gasteiger partial charge on any atom is 0.239 e. The van der Waals surface area contributed by atoms with Crippen molar-refractivity contribution in [3.05, 3.63) is 48.5 Å². The average Bonchev–Trinajstić information content (AvgIpc) is 3.16. The maximum absolute atomic E-state index is 13.6. The number of piperidine rings is 1. The number of anilines is 2. The molecule has 1 atom stereocenters. The van der Waals surface area contributed by atoms with Crippen molar-refractivity contribution >= 4 is 28.6 Å². The van der Waals surface area contributed by atoms with Gasteiger partial charge in [0.1, 0.15) is 6.54 Å². The number of carbonyl (C=O) groups excluding carboxylic acids is 1. The predicted octanol–water partition coefficient (Wildman–Crippen LogP) is 2.64. The fourth-order valence-electron chi connectivity index (χ4n) is 3.85. The van der Waals surface area contributed by atoms with Crippen molar-refractivity contribution in [2.24, 2.45) is 5.92 Å². The molecule has 1 saturated heterocycles. The number of aromatic nitrogens is 3. The maximum atomic E-state index is 13.6. The lowest BCUT2D eigenvalue weighted by Crippen LogP contribution is -2.42. The van der Waals surface area contributed by atoms with Crippen LogP contribution in [0.4, 0.5) is 16.2 Å². The molecular weight excluding hydrogens is 371 g/mol. The van der Waals surface area contributed by atoms with E-state index >= 15 is 0 Å². The first-order chi connectivity index (χ1) is 14.1. The average molecular weight is 396 g/mol. The predicted molar refractivity (Wildman–Crippen MR) is 111 cm³/mol. The number of benzene rings is 1. The first-order valence-electron chi connectivity index (χ1n) is 9.90. The lowest BCUT2D eigenvalue weighted by Gasteiger charge is -2.33. The molecule has 8 heteroatoms. The number of rotatable bonds is 6. The van der Waals surface area contributed by atoms with E-state index in [1.165, 1.54) is 6.20 Å². The molecular formula is C21H25FN6O. The van der Waals surface area contributed by atoms with Gasteiger partial charge >= 0.3 is 0 Å². The van der Waals surface area contributed by atoms with Crippen molar-refractivity contribution in [2.75, 3.05) is 36.9 Å². The zero-order chi connectivity index (χ0) is 20.2. The van der Waals surface area contributed by atoms with Gasteiger partial charge in [-0.05, 0) is 36.3 Å². The van der Waals surface area contributed by atoms with Crippen molar-refractivity contribution in [1.82, 2.24) is 19.9 Å². The topological polar surface area (TPSA) is 75.1 Å². The van der Waals surface area contributed by atoms with Crippen LogP contribution in [0, 0.1) is 11.7 Å². The monoisotopic (exact) mass is 396 g/mol. The molecule has 3 heterocycles. The number of para-hydroxylation sites is 1. The number of fused-ring (bicyclic) bond motifs is 1. The summed E-state index contributed by atoms with van der Waals surface area (Å²) in [5.74, 6) is 0.560. The van der Waals surface area contributed by atoms with Crippen LogP contribution in [0.5, 0.6) is 0 Å². The Morgan fingerprint density at radius 1 is 1.31 bits per heavy atom. The highest BCUT2D eigenvalue weighted by atomic mass is 19.1. The summed E-state index contributed by atoms with van der Waals surface area (Å²) in [6.45, 7) is 2.47. The first-order valence-corrected chi connectivity index (χ1v) is 9.90. The molecule has 0 saturated carbocycles. The van der Waals surface area contributed by atoms with E-state index < -0.39 is 5.82 Å². The summed E-state index contributed by atoms with van der Waals surface area (Å²) in [5, 5.41) is 6.94. The zero-order valence-electron chi connectivity index (χ0n) is 16.4. The SMILES string of the molecule is CNc1nc(N2CCCC(CNC(=O)Cn3ccc4ccccc43)C2)ncc1F. The summed E-state index contributed by atoms with van der Waals surface area (Å²) in [4.78, 5) is 22.9. The second-order valence-corrected chi connectivity index (χ2v) is 7.38. The van der Waals surface area contributed by atoms with Crippen LogP contribution in [0.25, 0.3) is 10.9 Å². The molecule has 1 aromatic carbocycles. The molecule has 0 bridgehead atoms. The van der Waals surface area contributed by atoms with Gasteiger partial charge in [0.15, 0.2) is 11.6 Å². The van der Waals surface area contributed by atoms with Crippen LogP contribution in [0.2, 0.25) is 0 Å². The van der Waals surface area contributed by atoms with Crippen LogP contribution >= 0.6 is 0 Å². The van der Waals surface area contributed by atoms with Gasteiger partial charge in [-0.15, -0.1) is 0 Å². The van der Waals surface area contributed by atoms with Crippen LogP contribution in [-0.4, -0.2) is 47.1 Å². The van der Waals surface area contributed by atoms with E-state index in [4.69, 9.17) is 0 Å². The van der Waals surface area contributed by atoms with Gasteiger partial charge in [0.05, 0.1) is 6.20 Å². The summed E-state index contributed by atoms with van der Waals surface area (Å²) < 4.78 is 15.6. The van der Waals surface area contributed by atoms with Gasteiger partial charge in [0.25, 0.3) is 0 Å². The van der Waals surface area contributed by atoms with Gasteiger partial charge in [-0.3, -0.25) is 4.79 Å². The molecule has 2 aromatic heterocycles. The van der Waals surface area contributed by atoms with Gasteiger partial charge in [0, 0.05) is 38.4 Å². The normalized spacial score (nSPS) is 16.8. The molecule has 1 aliphatic rings. The highest BCUT2D eigenvalue weighted by Crippen LogP contribution is 2.22. The second-order valence-electron chi connectivity index (χ2n) is 7.38. The summed E-state index contributed by atoms with van der Waals surface area (Å²) in [7, 11) is 1.64. The minimum absolute atomic E-state index is 0.000946. The third kappa shape index (κ3) is 4.31. The van der Waals surface area contributed by atoms with Crippen LogP contribution in [0.1, 0.15) is 12.8 Å². The Morgan fingerprint density at radius 2 is 2.17 bits per heavy atom. The third-order valence-corrected chi connectivity index (χ3v) is 5.35. The van der Waals surface area contributed by atoms with E-state index in [0.717, 1.165) is 36.8 Å². The van der Waals surface area contributed by atoms with E-state index in [2.05, 4.69) is 25.5 Å². The van der Waals surface area contributed by atoms with E-state index in [0.29, 0.717) is 25.0 Å². The largest absolute Gasteiger partial charge is 0.371 e. The lowest BCUT2D eigenvalue weighted by atomic mass is 9.98. The number of nitrogens with zero attached hydrogens (tertiary/aromatic N) is 4. The standard InChI is InChI=1S/C21H25FN6O/c1-23-20-17(22)12-25-21(26-20)28-9-4-5-15(13-28)11-24-19(29)14-27-10-8-16-6-2-3-7-18(16)27/h2-3,6-8,10,12,15H,4-5,9,11,13-14H2,1H3,(H,24,29)(H,23,25,26). The molecule has 0 spiro atoms. The Bertz CT molecular complexity index is 1000. The molecule has 0 aliphatic carbocycles. The number of nitrogens with one attached hydrogen (secondary N) is 2. The summed E-state index contributed by atoms with van der Waals surface area (Å²) in [6, 6.07) is 10.0. The van der Waals surface area contributed by atoms with Crippen molar-refractivity contribution in [2.45, 2.75) is 19.4 Å². The number of carbonyl (C=O) groups is 1. The van der Waals surface area contributed by atoms with Crippen molar-refractivity contribution in [1.29, 1.82) is 0 Å². The quantitative estimate of drug-likeness (QED) is 0.670. The van der Waals surface area contributed by atoms with Gasteiger partial charge in [-0.1, -0.05) is 18.2 Å². The Labute approximate surface area is 168 Å². The fourth-order valence-corrected chi connectivity index (χ4v) is 3.85. The third-order valence-electron chi connectivity index (χ3n) is 5.35. The van der Waals surface area contributed by atoms with Gasteiger partial charge < -0.3 is 20.1 Å². The molecule has 1 fully saturated rings.